The van der Waals surface area contributed by atoms with Crippen LogP contribution < -0.4 is 0 Å². The number of rotatable bonds is 2. The van der Waals surface area contributed by atoms with E-state index < -0.39 is 0 Å². The standard InChI is InChI=1S/C24H18/c1-2-10-18(11-3-1)24(19-12-4-5-13-19)22-16-8-6-14-20(22)21-15-7-9-17-23(21)24/h1-12,14-17H,13H2. The van der Waals surface area contributed by atoms with Crippen molar-refractivity contribution in [2.24, 2.45) is 0 Å². The number of benzene rings is 3. The molecule has 0 saturated heterocycles. The normalized spacial score (nSPS) is 16.6. The molecule has 2 aliphatic rings. The maximum Gasteiger partial charge on any atom is 0.0679 e. The maximum atomic E-state index is 2.31. The molecule has 24 heavy (non-hydrogen) atoms. The summed E-state index contributed by atoms with van der Waals surface area (Å²) in [6, 6.07) is 28.8. The molecule has 0 fully saturated rings. The average Bonchev–Trinajstić information content (AvgIpc) is 3.28. The molecule has 0 nitrogen and oxygen atoms in total. The first-order valence-corrected chi connectivity index (χ1v) is 8.53. The Labute approximate surface area is 142 Å². The van der Waals surface area contributed by atoms with Gasteiger partial charge in [-0.3, -0.25) is 0 Å². The number of allylic oxidation sites excluding steroid dienone is 4. The Morgan fingerprint density at radius 3 is 1.79 bits per heavy atom. The highest BCUT2D eigenvalue weighted by Crippen LogP contribution is 2.57. The SMILES string of the molecule is C1=CCC(C2(c3ccccc3)c3ccccc3-c3ccccc32)=C1. The lowest BCUT2D eigenvalue weighted by Gasteiger charge is -2.34. The first kappa shape index (κ1) is 13.6. The van der Waals surface area contributed by atoms with Crippen LogP contribution in [-0.4, -0.2) is 0 Å². The summed E-state index contributed by atoms with van der Waals surface area (Å²) in [5.41, 5.74) is 8.20. The third kappa shape index (κ3) is 1.63. The van der Waals surface area contributed by atoms with E-state index in [-0.39, 0.29) is 5.41 Å². The first-order valence-electron chi connectivity index (χ1n) is 8.53. The maximum absolute atomic E-state index is 2.31. The molecule has 5 rings (SSSR count). The number of fused-ring (bicyclic) bond motifs is 3. The van der Waals surface area contributed by atoms with E-state index in [1.165, 1.54) is 33.4 Å². The third-order valence-electron chi connectivity index (χ3n) is 5.41. The molecular formula is C24H18. The Morgan fingerprint density at radius 2 is 1.21 bits per heavy atom. The minimum absolute atomic E-state index is 0.169. The van der Waals surface area contributed by atoms with Crippen LogP contribution in [0.5, 0.6) is 0 Å². The summed E-state index contributed by atoms with van der Waals surface area (Å²) >= 11 is 0. The van der Waals surface area contributed by atoms with Gasteiger partial charge < -0.3 is 0 Å². The Morgan fingerprint density at radius 1 is 0.625 bits per heavy atom. The van der Waals surface area contributed by atoms with Crippen molar-refractivity contribution in [1.29, 1.82) is 0 Å². The zero-order valence-electron chi connectivity index (χ0n) is 13.4. The number of hydrogen-bond donors (Lipinski definition) is 0. The van der Waals surface area contributed by atoms with E-state index in [9.17, 15) is 0 Å². The second kappa shape index (κ2) is 5.07. The third-order valence-corrected chi connectivity index (χ3v) is 5.41. The predicted molar refractivity (Wildman–Crippen MR) is 100 cm³/mol. The fourth-order valence-electron chi connectivity index (χ4n) is 4.49. The van der Waals surface area contributed by atoms with Crippen LogP contribution in [0.3, 0.4) is 0 Å². The zero-order chi connectivity index (χ0) is 16.0. The molecule has 2 aliphatic carbocycles. The van der Waals surface area contributed by atoms with Crippen LogP contribution in [0.2, 0.25) is 0 Å². The predicted octanol–water partition coefficient (Wildman–Crippen LogP) is 5.89. The molecule has 0 heteroatoms. The molecule has 0 spiro atoms. The summed E-state index contributed by atoms with van der Waals surface area (Å²) < 4.78 is 0. The molecule has 3 aromatic rings. The lowest BCUT2D eigenvalue weighted by molar-refractivity contribution is 0.732. The largest absolute Gasteiger partial charge is 0.0804 e. The molecule has 0 N–H and O–H groups in total. The van der Waals surface area contributed by atoms with E-state index >= 15 is 0 Å². The second-order valence-electron chi connectivity index (χ2n) is 6.53. The van der Waals surface area contributed by atoms with Gasteiger partial charge in [-0.15, -0.1) is 0 Å². The topological polar surface area (TPSA) is 0 Å². The highest BCUT2D eigenvalue weighted by Gasteiger charge is 2.46. The molecule has 0 atom stereocenters. The van der Waals surface area contributed by atoms with Gasteiger partial charge in [-0.05, 0) is 39.8 Å². The summed E-state index contributed by atoms with van der Waals surface area (Å²) in [6.07, 6.45) is 7.79. The Hall–Kier alpha value is -2.86. The molecule has 0 saturated carbocycles. The minimum atomic E-state index is -0.169. The van der Waals surface area contributed by atoms with Crippen molar-refractivity contribution in [3.8, 4) is 11.1 Å². The molecule has 0 aromatic heterocycles. The summed E-state index contributed by atoms with van der Waals surface area (Å²) in [4.78, 5) is 0. The summed E-state index contributed by atoms with van der Waals surface area (Å²) in [5.74, 6) is 0. The molecule has 3 aromatic carbocycles. The van der Waals surface area contributed by atoms with Gasteiger partial charge in [-0.1, -0.05) is 97.1 Å². The van der Waals surface area contributed by atoms with Crippen LogP contribution in [0.25, 0.3) is 11.1 Å². The Balaban J connectivity index is 1.94. The molecule has 0 aliphatic heterocycles. The van der Waals surface area contributed by atoms with Gasteiger partial charge in [0.25, 0.3) is 0 Å². The van der Waals surface area contributed by atoms with Gasteiger partial charge in [-0.25, -0.2) is 0 Å². The van der Waals surface area contributed by atoms with Gasteiger partial charge in [0.05, 0.1) is 5.41 Å². The highest BCUT2D eigenvalue weighted by molar-refractivity contribution is 5.86. The van der Waals surface area contributed by atoms with Gasteiger partial charge in [0.1, 0.15) is 0 Å². The quantitative estimate of drug-likeness (QED) is 0.554. The summed E-state index contributed by atoms with van der Waals surface area (Å²) in [7, 11) is 0. The van der Waals surface area contributed by atoms with E-state index in [0.29, 0.717) is 0 Å². The average molecular weight is 306 g/mol. The molecule has 114 valence electrons. The zero-order valence-corrected chi connectivity index (χ0v) is 13.4. The highest BCUT2D eigenvalue weighted by atomic mass is 14.5. The van der Waals surface area contributed by atoms with Crippen molar-refractivity contribution in [2.75, 3.05) is 0 Å². The van der Waals surface area contributed by atoms with Gasteiger partial charge in [0, 0.05) is 0 Å². The van der Waals surface area contributed by atoms with Gasteiger partial charge >= 0.3 is 0 Å². The van der Waals surface area contributed by atoms with Crippen molar-refractivity contribution in [3.63, 3.8) is 0 Å². The molecule has 0 radical (unpaired) electrons. The van der Waals surface area contributed by atoms with Crippen molar-refractivity contribution in [1.82, 2.24) is 0 Å². The Bertz CT molecular complexity index is 928. The van der Waals surface area contributed by atoms with Crippen LogP contribution in [-0.2, 0) is 5.41 Å². The van der Waals surface area contributed by atoms with Gasteiger partial charge in [-0.2, -0.15) is 0 Å². The summed E-state index contributed by atoms with van der Waals surface area (Å²) in [6.45, 7) is 0. The second-order valence-corrected chi connectivity index (χ2v) is 6.53. The number of hydrogen-bond acceptors (Lipinski definition) is 0. The monoisotopic (exact) mass is 306 g/mol. The lowest BCUT2D eigenvalue weighted by Crippen LogP contribution is -2.29. The van der Waals surface area contributed by atoms with Gasteiger partial charge in [0.15, 0.2) is 0 Å². The van der Waals surface area contributed by atoms with Crippen LogP contribution in [0.15, 0.2) is 103 Å². The molecule has 0 bridgehead atoms. The smallest absolute Gasteiger partial charge is 0.0679 e. The Kier molecular flexibility index (Phi) is 2.87. The van der Waals surface area contributed by atoms with Crippen LogP contribution >= 0.6 is 0 Å². The van der Waals surface area contributed by atoms with Crippen molar-refractivity contribution in [3.05, 3.63) is 119 Å². The molecule has 0 heterocycles. The van der Waals surface area contributed by atoms with E-state index in [1.54, 1.807) is 0 Å². The van der Waals surface area contributed by atoms with Gasteiger partial charge in [0.2, 0.25) is 0 Å². The van der Waals surface area contributed by atoms with E-state index in [2.05, 4.69) is 97.1 Å². The summed E-state index contributed by atoms with van der Waals surface area (Å²) in [5, 5.41) is 0. The molecule has 0 amide bonds. The van der Waals surface area contributed by atoms with E-state index in [1.807, 2.05) is 0 Å². The lowest BCUT2D eigenvalue weighted by atomic mass is 9.67. The van der Waals surface area contributed by atoms with Crippen LogP contribution in [0.4, 0.5) is 0 Å². The van der Waals surface area contributed by atoms with Crippen molar-refractivity contribution < 1.29 is 0 Å². The van der Waals surface area contributed by atoms with Crippen molar-refractivity contribution >= 4 is 0 Å². The molecule has 0 unspecified atom stereocenters. The first-order chi connectivity index (χ1) is 11.9. The van der Waals surface area contributed by atoms with Crippen molar-refractivity contribution in [2.45, 2.75) is 11.8 Å². The van der Waals surface area contributed by atoms with Crippen LogP contribution in [0, 0.1) is 0 Å². The van der Waals surface area contributed by atoms with E-state index in [4.69, 9.17) is 0 Å². The fourth-order valence-corrected chi connectivity index (χ4v) is 4.49. The fraction of sp³-hybridized carbons (Fsp3) is 0.0833. The van der Waals surface area contributed by atoms with Crippen LogP contribution in [0.1, 0.15) is 23.1 Å². The molecular weight excluding hydrogens is 288 g/mol. The minimum Gasteiger partial charge on any atom is -0.0804 e. The van der Waals surface area contributed by atoms with E-state index in [0.717, 1.165) is 6.42 Å².